The second-order valence-corrected chi connectivity index (χ2v) is 5.09. The van der Waals surface area contributed by atoms with E-state index in [1.165, 1.54) is 24.8 Å². The van der Waals surface area contributed by atoms with Crippen LogP contribution < -0.4 is 0 Å². The van der Waals surface area contributed by atoms with Gasteiger partial charge in [-0.25, -0.2) is 0 Å². The fourth-order valence-corrected chi connectivity index (χ4v) is 3.09. The van der Waals surface area contributed by atoms with E-state index in [0.717, 1.165) is 12.0 Å². The summed E-state index contributed by atoms with van der Waals surface area (Å²) in [5, 5.41) is 0. The Hall–Kier alpha value is -1.37. The molecule has 0 radical (unpaired) electrons. The molecule has 0 aliphatic heterocycles. The zero-order valence-electron chi connectivity index (χ0n) is 9.41. The number of allylic oxidation sites excluding steroid dienone is 2. The van der Waals surface area contributed by atoms with Crippen LogP contribution in [0.4, 0.5) is 0 Å². The summed E-state index contributed by atoms with van der Waals surface area (Å²) in [5.74, 6) is 0.327. The van der Waals surface area contributed by atoms with Gasteiger partial charge in [-0.2, -0.15) is 0 Å². The normalized spacial score (nSPS) is 28.1. The number of carbonyl (C=O) groups is 1. The molecule has 0 amide bonds. The number of carbonyl (C=O) groups excluding carboxylic acids is 1. The fraction of sp³-hybridized carbons (Fsp3) is 0.400. The van der Waals surface area contributed by atoms with Crippen LogP contribution in [0.2, 0.25) is 0 Å². The van der Waals surface area contributed by atoms with Crippen molar-refractivity contribution in [1.29, 1.82) is 0 Å². The predicted octanol–water partition coefficient (Wildman–Crippen LogP) is 3.54. The summed E-state index contributed by atoms with van der Waals surface area (Å²) in [5.41, 5.74) is 2.33. The van der Waals surface area contributed by atoms with Gasteiger partial charge in [-0.1, -0.05) is 36.4 Å². The molecule has 1 atom stereocenters. The molecule has 1 aromatic rings. The van der Waals surface area contributed by atoms with Gasteiger partial charge in [0.05, 0.1) is 0 Å². The molecule has 2 aliphatic carbocycles. The number of ketones is 1. The number of rotatable bonds is 0. The first-order chi connectivity index (χ1) is 7.79. The van der Waals surface area contributed by atoms with Crippen molar-refractivity contribution in [2.24, 2.45) is 5.41 Å². The zero-order chi connectivity index (χ0) is 11.0. The average Bonchev–Trinajstić information content (AvgIpc) is 2.30. The van der Waals surface area contributed by atoms with Crippen LogP contribution in [0.3, 0.4) is 0 Å². The van der Waals surface area contributed by atoms with Crippen molar-refractivity contribution < 1.29 is 4.79 Å². The maximum Gasteiger partial charge on any atom is 0.164 e. The van der Waals surface area contributed by atoms with Crippen molar-refractivity contribution in [3.05, 3.63) is 47.5 Å². The lowest BCUT2D eigenvalue weighted by Crippen LogP contribution is -2.31. The van der Waals surface area contributed by atoms with Crippen LogP contribution in [0.15, 0.2) is 36.4 Å². The van der Waals surface area contributed by atoms with Crippen LogP contribution in [-0.2, 0) is 6.42 Å². The number of Topliss-reactive ketones (excluding diaryl/α,β-unsaturated/α-hetero) is 1. The van der Waals surface area contributed by atoms with Gasteiger partial charge in [0.2, 0.25) is 0 Å². The Bertz CT molecular complexity index is 458. The highest BCUT2D eigenvalue weighted by atomic mass is 16.1. The maximum absolute atomic E-state index is 12.1. The van der Waals surface area contributed by atoms with E-state index in [-0.39, 0.29) is 5.41 Å². The van der Waals surface area contributed by atoms with E-state index in [0.29, 0.717) is 12.2 Å². The first-order valence-electron chi connectivity index (χ1n) is 6.08. The molecular weight excluding hydrogens is 196 g/mol. The van der Waals surface area contributed by atoms with Crippen LogP contribution in [-0.4, -0.2) is 5.78 Å². The molecule has 0 bridgehead atoms. The van der Waals surface area contributed by atoms with Crippen LogP contribution >= 0.6 is 0 Å². The lowest BCUT2D eigenvalue weighted by Gasteiger charge is -2.37. The van der Waals surface area contributed by atoms with Gasteiger partial charge >= 0.3 is 0 Å². The lowest BCUT2D eigenvalue weighted by atomic mass is 9.66. The minimum atomic E-state index is 0.143. The van der Waals surface area contributed by atoms with E-state index in [4.69, 9.17) is 0 Å². The number of benzene rings is 1. The van der Waals surface area contributed by atoms with Crippen molar-refractivity contribution in [3.8, 4) is 0 Å². The summed E-state index contributed by atoms with van der Waals surface area (Å²) in [4.78, 5) is 12.1. The highest BCUT2D eigenvalue weighted by molar-refractivity contribution is 5.99. The average molecular weight is 212 g/mol. The maximum atomic E-state index is 12.1. The predicted molar refractivity (Wildman–Crippen MR) is 64.5 cm³/mol. The first-order valence-corrected chi connectivity index (χ1v) is 6.08. The standard InChI is InChI=1S/C15H16O/c16-14-11-15(8-4-1-5-9-15)10-12-6-2-3-7-13(12)14/h2-4,6-8H,1,5,9-11H2. The van der Waals surface area contributed by atoms with E-state index in [1.54, 1.807) is 0 Å². The zero-order valence-corrected chi connectivity index (χ0v) is 9.41. The van der Waals surface area contributed by atoms with Crippen molar-refractivity contribution in [1.82, 2.24) is 0 Å². The van der Waals surface area contributed by atoms with Crippen molar-refractivity contribution in [2.75, 3.05) is 0 Å². The molecule has 1 unspecified atom stereocenters. The van der Waals surface area contributed by atoms with Crippen LogP contribution in [0.5, 0.6) is 0 Å². The second-order valence-electron chi connectivity index (χ2n) is 5.09. The van der Waals surface area contributed by atoms with Crippen LogP contribution in [0, 0.1) is 5.41 Å². The molecule has 2 aliphatic rings. The molecule has 1 aromatic carbocycles. The van der Waals surface area contributed by atoms with Crippen molar-refractivity contribution in [3.63, 3.8) is 0 Å². The van der Waals surface area contributed by atoms with E-state index in [2.05, 4.69) is 18.2 Å². The second kappa shape index (κ2) is 3.58. The summed E-state index contributed by atoms with van der Waals surface area (Å²) < 4.78 is 0. The molecule has 0 aromatic heterocycles. The summed E-state index contributed by atoms with van der Waals surface area (Å²) in [6, 6.07) is 8.08. The highest BCUT2D eigenvalue weighted by Crippen LogP contribution is 2.42. The minimum Gasteiger partial charge on any atom is -0.294 e. The van der Waals surface area contributed by atoms with E-state index in [1.807, 2.05) is 18.2 Å². The molecule has 82 valence electrons. The number of hydrogen-bond donors (Lipinski definition) is 0. The van der Waals surface area contributed by atoms with E-state index in [9.17, 15) is 4.79 Å². The van der Waals surface area contributed by atoms with Gasteiger partial charge in [0.25, 0.3) is 0 Å². The number of fused-ring (bicyclic) bond motifs is 1. The largest absolute Gasteiger partial charge is 0.294 e. The SMILES string of the molecule is O=C1CC2(C=CCCC2)Cc2ccccc21. The van der Waals surface area contributed by atoms with Crippen LogP contribution in [0.1, 0.15) is 41.6 Å². The molecule has 0 heterocycles. The Labute approximate surface area is 96.2 Å². The number of hydrogen-bond acceptors (Lipinski definition) is 1. The lowest BCUT2D eigenvalue weighted by molar-refractivity contribution is 0.0908. The van der Waals surface area contributed by atoms with Gasteiger partial charge in [0, 0.05) is 12.0 Å². The van der Waals surface area contributed by atoms with Gasteiger partial charge in [-0.3, -0.25) is 4.79 Å². The van der Waals surface area contributed by atoms with Crippen molar-refractivity contribution in [2.45, 2.75) is 32.1 Å². The van der Waals surface area contributed by atoms with Gasteiger partial charge < -0.3 is 0 Å². The Morgan fingerprint density at radius 1 is 1.12 bits per heavy atom. The Balaban J connectivity index is 2.03. The molecule has 1 spiro atoms. The molecule has 1 nitrogen and oxygen atoms in total. The first kappa shape index (κ1) is 9.83. The molecule has 1 heteroatoms. The minimum absolute atomic E-state index is 0.143. The summed E-state index contributed by atoms with van der Waals surface area (Å²) in [6.07, 6.45) is 9.88. The Morgan fingerprint density at radius 3 is 2.81 bits per heavy atom. The molecule has 0 fully saturated rings. The molecule has 3 rings (SSSR count). The summed E-state index contributed by atoms with van der Waals surface area (Å²) in [6.45, 7) is 0. The van der Waals surface area contributed by atoms with Crippen LogP contribution in [0.25, 0.3) is 0 Å². The van der Waals surface area contributed by atoms with Gasteiger partial charge in [0.15, 0.2) is 5.78 Å². The third-order valence-corrected chi connectivity index (χ3v) is 3.89. The Morgan fingerprint density at radius 2 is 2.00 bits per heavy atom. The molecule has 0 saturated heterocycles. The topological polar surface area (TPSA) is 17.1 Å². The molecule has 16 heavy (non-hydrogen) atoms. The highest BCUT2D eigenvalue weighted by Gasteiger charge is 2.36. The van der Waals surface area contributed by atoms with E-state index < -0.39 is 0 Å². The van der Waals surface area contributed by atoms with Gasteiger partial charge in [-0.05, 0) is 36.7 Å². The third kappa shape index (κ3) is 1.51. The monoisotopic (exact) mass is 212 g/mol. The van der Waals surface area contributed by atoms with E-state index >= 15 is 0 Å². The molecular formula is C15H16O. The summed E-state index contributed by atoms with van der Waals surface area (Å²) in [7, 11) is 0. The smallest absolute Gasteiger partial charge is 0.164 e. The molecule has 0 N–H and O–H groups in total. The Kier molecular flexibility index (Phi) is 2.20. The fourth-order valence-electron chi connectivity index (χ4n) is 3.09. The van der Waals surface area contributed by atoms with Crippen molar-refractivity contribution >= 4 is 5.78 Å². The summed E-state index contributed by atoms with van der Waals surface area (Å²) >= 11 is 0. The quantitative estimate of drug-likeness (QED) is 0.601. The van der Waals surface area contributed by atoms with Gasteiger partial charge in [-0.15, -0.1) is 0 Å². The third-order valence-electron chi connectivity index (χ3n) is 3.89. The molecule has 0 saturated carbocycles. The van der Waals surface area contributed by atoms with Gasteiger partial charge in [0.1, 0.15) is 0 Å².